The van der Waals surface area contributed by atoms with Crippen LogP contribution in [0.2, 0.25) is 0 Å². The van der Waals surface area contributed by atoms with E-state index >= 15 is 0 Å². The number of hydrogen-bond donors (Lipinski definition) is 1. The lowest BCUT2D eigenvalue weighted by atomic mass is 10.0. The molecule has 1 aromatic rings. The average molecular weight is 223 g/mol. The molecule has 0 radical (unpaired) electrons. The van der Waals surface area contributed by atoms with Crippen molar-refractivity contribution in [2.24, 2.45) is 5.73 Å². The summed E-state index contributed by atoms with van der Waals surface area (Å²) >= 11 is 0. The minimum atomic E-state index is -0.0262. The van der Waals surface area contributed by atoms with Crippen LogP contribution in [0, 0.1) is 6.92 Å². The summed E-state index contributed by atoms with van der Waals surface area (Å²) in [5, 5.41) is 0. The Morgan fingerprint density at radius 2 is 2.00 bits per heavy atom. The van der Waals surface area contributed by atoms with E-state index in [-0.39, 0.29) is 6.10 Å². The van der Waals surface area contributed by atoms with Crippen molar-refractivity contribution in [3.63, 3.8) is 0 Å². The number of benzene rings is 1. The maximum Gasteiger partial charge on any atom is 0.0950 e. The predicted octanol–water partition coefficient (Wildman–Crippen LogP) is 2.05. The van der Waals surface area contributed by atoms with Crippen LogP contribution in [0.1, 0.15) is 24.2 Å². The fraction of sp³-hybridized carbons (Fsp3) is 0.538. The Labute approximate surface area is 97.6 Å². The third-order valence-corrected chi connectivity index (χ3v) is 2.50. The molecule has 1 unspecified atom stereocenters. The van der Waals surface area contributed by atoms with E-state index < -0.39 is 0 Å². The van der Waals surface area contributed by atoms with Gasteiger partial charge in [0.15, 0.2) is 0 Å². The predicted molar refractivity (Wildman–Crippen MR) is 65.4 cm³/mol. The third kappa shape index (κ3) is 3.93. The van der Waals surface area contributed by atoms with Gasteiger partial charge in [0, 0.05) is 13.2 Å². The van der Waals surface area contributed by atoms with Crippen LogP contribution in [0.4, 0.5) is 0 Å². The van der Waals surface area contributed by atoms with E-state index in [1.54, 1.807) is 0 Å². The topological polar surface area (TPSA) is 44.5 Å². The van der Waals surface area contributed by atoms with Crippen LogP contribution in [-0.4, -0.2) is 26.4 Å². The summed E-state index contributed by atoms with van der Waals surface area (Å²) in [6.45, 7) is 6.48. The molecule has 90 valence electrons. The normalized spacial score (nSPS) is 12.7. The number of aryl methyl sites for hydroxylation is 1. The molecule has 1 rings (SSSR count). The average Bonchev–Trinajstić information content (AvgIpc) is 2.31. The van der Waals surface area contributed by atoms with E-state index in [2.05, 4.69) is 19.1 Å². The standard InChI is InChI=1S/C13H21NO2/c1-3-15-8-9-16-13(10-14)12-7-5-4-6-11(12)2/h4-7,13H,3,8-10,14H2,1-2H3. The van der Waals surface area contributed by atoms with E-state index in [0.717, 1.165) is 6.61 Å². The van der Waals surface area contributed by atoms with Gasteiger partial charge in [-0.15, -0.1) is 0 Å². The molecular weight excluding hydrogens is 202 g/mol. The van der Waals surface area contributed by atoms with Crippen molar-refractivity contribution in [1.29, 1.82) is 0 Å². The molecule has 0 fully saturated rings. The van der Waals surface area contributed by atoms with Crippen molar-refractivity contribution in [2.75, 3.05) is 26.4 Å². The molecule has 2 N–H and O–H groups in total. The van der Waals surface area contributed by atoms with Crippen LogP contribution in [0.15, 0.2) is 24.3 Å². The van der Waals surface area contributed by atoms with Crippen LogP contribution in [0.25, 0.3) is 0 Å². The van der Waals surface area contributed by atoms with Crippen LogP contribution in [-0.2, 0) is 9.47 Å². The highest BCUT2D eigenvalue weighted by Crippen LogP contribution is 2.19. The number of rotatable bonds is 7. The first-order valence-corrected chi connectivity index (χ1v) is 5.74. The second-order valence-electron chi connectivity index (χ2n) is 3.65. The first-order chi connectivity index (χ1) is 7.79. The Kier molecular flexibility index (Phi) is 6.08. The van der Waals surface area contributed by atoms with E-state index in [0.29, 0.717) is 19.8 Å². The summed E-state index contributed by atoms with van der Waals surface area (Å²) in [6.07, 6.45) is -0.0262. The van der Waals surface area contributed by atoms with E-state index in [1.165, 1.54) is 11.1 Å². The molecule has 0 saturated heterocycles. The first kappa shape index (κ1) is 13.2. The van der Waals surface area contributed by atoms with Crippen molar-refractivity contribution in [2.45, 2.75) is 20.0 Å². The third-order valence-electron chi connectivity index (χ3n) is 2.50. The molecule has 3 nitrogen and oxygen atoms in total. The zero-order chi connectivity index (χ0) is 11.8. The maximum absolute atomic E-state index is 5.72. The van der Waals surface area contributed by atoms with Gasteiger partial charge < -0.3 is 15.2 Å². The van der Waals surface area contributed by atoms with Gasteiger partial charge in [-0.05, 0) is 25.0 Å². The maximum atomic E-state index is 5.72. The Balaban J connectivity index is 2.51. The second-order valence-corrected chi connectivity index (χ2v) is 3.65. The number of nitrogens with two attached hydrogens (primary N) is 1. The molecule has 0 aliphatic rings. The second kappa shape index (κ2) is 7.39. The van der Waals surface area contributed by atoms with Gasteiger partial charge in [-0.25, -0.2) is 0 Å². The Hall–Kier alpha value is -0.900. The summed E-state index contributed by atoms with van der Waals surface area (Å²) in [5.41, 5.74) is 8.11. The molecule has 3 heteroatoms. The van der Waals surface area contributed by atoms with Gasteiger partial charge in [-0.3, -0.25) is 0 Å². The highest BCUT2D eigenvalue weighted by molar-refractivity contribution is 5.27. The van der Waals surface area contributed by atoms with E-state index in [4.69, 9.17) is 15.2 Å². The summed E-state index contributed by atoms with van der Waals surface area (Å²) in [5.74, 6) is 0. The van der Waals surface area contributed by atoms with Gasteiger partial charge in [0.05, 0.1) is 19.3 Å². The smallest absolute Gasteiger partial charge is 0.0950 e. The molecule has 0 amide bonds. The largest absolute Gasteiger partial charge is 0.379 e. The van der Waals surface area contributed by atoms with Gasteiger partial charge in [0.1, 0.15) is 0 Å². The molecule has 0 bridgehead atoms. The summed E-state index contributed by atoms with van der Waals surface area (Å²) in [4.78, 5) is 0. The van der Waals surface area contributed by atoms with Crippen LogP contribution >= 0.6 is 0 Å². The van der Waals surface area contributed by atoms with Crippen molar-refractivity contribution in [3.8, 4) is 0 Å². The highest BCUT2D eigenvalue weighted by Gasteiger charge is 2.11. The molecule has 1 aromatic carbocycles. The lowest BCUT2D eigenvalue weighted by Crippen LogP contribution is -2.19. The number of hydrogen-bond acceptors (Lipinski definition) is 3. The fourth-order valence-electron chi connectivity index (χ4n) is 1.63. The van der Waals surface area contributed by atoms with Crippen molar-refractivity contribution in [1.82, 2.24) is 0 Å². The monoisotopic (exact) mass is 223 g/mol. The first-order valence-electron chi connectivity index (χ1n) is 5.74. The lowest BCUT2D eigenvalue weighted by Gasteiger charge is -2.18. The molecule has 0 aliphatic heterocycles. The SMILES string of the molecule is CCOCCOC(CN)c1ccccc1C. The summed E-state index contributed by atoms with van der Waals surface area (Å²) in [7, 11) is 0. The van der Waals surface area contributed by atoms with Crippen LogP contribution in [0.5, 0.6) is 0 Å². The molecule has 0 heterocycles. The minimum Gasteiger partial charge on any atom is -0.379 e. The quantitative estimate of drug-likeness (QED) is 0.719. The van der Waals surface area contributed by atoms with Gasteiger partial charge in [0.25, 0.3) is 0 Å². The zero-order valence-corrected chi connectivity index (χ0v) is 10.1. The van der Waals surface area contributed by atoms with Crippen molar-refractivity contribution in [3.05, 3.63) is 35.4 Å². The van der Waals surface area contributed by atoms with E-state index in [9.17, 15) is 0 Å². The van der Waals surface area contributed by atoms with Gasteiger partial charge in [-0.1, -0.05) is 24.3 Å². The van der Waals surface area contributed by atoms with Crippen LogP contribution in [0.3, 0.4) is 0 Å². The van der Waals surface area contributed by atoms with Crippen molar-refractivity contribution >= 4 is 0 Å². The molecule has 0 aromatic heterocycles. The minimum absolute atomic E-state index is 0.0262. The fourth-order valence-corrected chi connectivity index (χ4v) is 1.63. The van der Waals surface area contributed by atoms with Gasteiger partial charge in [-0.2, -0.15) is 0 Å². The lowest BCUT2D eigenvalue weighted by molar-refractivity contribution is 0.0102. The Morgan fingerprint density at radius 1 is 1.25 bits per heavy atom. The number of ether oxygens (including phenoxy) is 2. The van der Waals surface area contributed by atoms with Gasteiger partial charge in [0.2, 0.25) is 0 Å². The molecule has 16 heavy (non-hydrogen) atoms. The highest BCUT2D eigenvalue weighted by atomic mass is 16.5. The van der Waals surface area contributed by atoms with Gasteiger partial charge >= 0.3 is 0 Å². The van der Waals surface area contributed by atoms with Crippen molar-refractivity contribution < 1.29 is 9.47 Å². The summed E-state index contributed by atoms with van der Waals surface area (Å²) in [6, 6.07) is 8.17. The summed E-state index contributed by atoms with van der Waals surface area (Å²) < 4.78 is 10.9. The molecule has 0 spiro atoms. The molecular formula is C13H21NO2. The molecule has 0 aliphatic carbocycles. The van der Waals surface area contributed by atoms with Crippen LogP contribution < -0.4 is 5.73 Å². The van der Waals surface area contributed by atoms with E-state index in [1.807, 2.05) is 19.1 Å². The molecule has 1 atom stereocenters. The molecule has 0 saturated carbocycles. The Bertz CT molecular complexity index is 302. The Morgan fingerprint density at radius 3 is 2.62 bits per heavy atom. The zero-order valence-electron chi connectivity index (χ0n) is 10.1.